The number of rotatable bonds is 4. The van der Waals surface area contributed by atoms with Crippen LogP contribution in [0.5, 0.6) is 5.75 Å². The van der Waals surface area contributed by atoms with Crippen molar-refractivity contribution in [1.29, 1.82) is 0 Å². The van der Waals surface area contributed by atoms with E-state index in [1.165, 1.54) is 0 Å². The van der Waals surface area contributed by atoms with Gasteiger partial charge in [0.1, 0.15) is 12.4 Å². The molecule has 0 atom stereocenters. The molecule has 2 N–H and O–H groups in total. The molecule has 1 aromatic carbocycles. The number of halogens is 1. The summed E-state index contributed by atoms with van der Waals surface area (Å²) >= 11 is 3.28. The van der Waals surface area contributed by atoms with Gasteiger partial charge in [-0.25, -0.2) is 0 Å². The van der Waals surface area contributed by atoms with Gasteiger partial charge in [-0.3, -0.25) is 4.79 Å². The normalized spacial score (nSPS) is 9.80. The third kappa shape index (κ3) is 3.53. The molecule has 0 aliphatic rings. The van der Waals surface area contributed by atoms with Gasteiger partial charge in [-0.2, -0.15) is 0 Å². The molecule has 1 aromatic rings. The van der Waals surface area contributed by atoms with Crippen molar-refractivity contribution in [2.75, 3.05) is 20.3 Å². The Balaban J connectivity index is 2.89. The van der Waals surface area contributed by atoms with Gasteiger partial charge in [-0.1, -0.05) is 15.9 Å². The van der Waals surface area contributed by atoms with Gasteiger partial charge < -0.3 is 15.2 Å². The zero-order valence-corrected chi connectivity index (χ0v) is 9.87. The quantitative estimate of drug-likeness (QED) is 0.866. The molecule has 0 saturated carbocycles. The van der Waals surface area contributed by atoms with E-state index >= 15 is 0 Å². The van der Waals surface area contributed by atoms with E-state index in [1.54, 1.807) is 25.2 Å². The van der Waals surface area contributed by atoms with Crippen molar-refractivity contribution in [3.63, 3.8) is 0 Å². The molecule has 0 saturated heterocycles. The van der Waals surface area contributed by atoms with Crippen molar-refractivity contribution >= 4 is 21.8 Å². The molecule has 0 aliphatic carbocycles. The SMILES string of the molecule is CNC(=O)c1cc(Br)cc(OCCO)c1. The largest absolute Gasteiger partial charge is 0.491 e. The number of carbonyl (C=O) groups excluding carboxylic acids is 1. The average molecular weight is 274 g/mol. The Bertz CT molecular complexity index is 355. The highest BCUT2D eigenvalue weighted by molar-refractivity contribution is 9.10. The van der Waals surface area contributed by atoms with Crippen LogP contribution >= 0.6 is 15.9 Å². The Morgan fingerprint density at radius 3 is 2.87 bits per heavy atom. The van der Waals surface area contributed by atoms with Gasteiger partial charge in [0.05, 0.1) is 6.61 Å². The summed E-state index contributed by atoms with van der Waals surface area (Å²) in [5.74, 6) is 0.377. The Morgan fingerprint density at radius 1 is 1.53 bits per heavy atom. The van der Waals surface area contributed by atoms with E-state index in [4.69, 9.17) is 9.84 Å². The molecule has 0 spiro atoms. The highest BCUT2D eigenvalue weighted by atomic mass is 79.9. The van der Waals surface area contributed by atoms with Crippen LogP contribution in [-0.2, 0) is 0 Å². The van der Waals surface area contributed by atoms with Gasteiger partial charge in [0.15, 0.2) is 0 Å². The lowest BCUT2D eigenvalue weighted by molar-refractivity contribution is 0.0962. The molecule has 5 heteroatoms. The number of aliphatic hydroxyl groups excluding tert-OH is 1. The summed E-state index contributed by atoms with van der Waals surface area (Å²) in [5.41, 5.74) is 0.514. The summed E-state index contributed by atoms with van der Waals surface area (Å²) in [4.78, 5) is 11.4. The predicted molar refractivity (Wildman–Crippen MR) is 60.1 cm³/mol. The first-order valence-electron chi connectivity index (χ1n) is 4.43. The number of carbonyl (C=O) groups is 1. The van der Waals surface area contributed by atoms with Gasteiger partial charge >= 0.3 is 0 Å². The second kappa shape index (κ2) is 5.72. The maximum Gasteiger partial charge on any atom is 0.251 e. The van der Waals surface area contributed by atoms with Crippen LogP contribution in [0, 0.1) is 0 Å². The number of nitrogens with one attached hydrogen (secondary N) is 1. The van der Waals surface area contributed by atoms with Gasteiger partial charge in [0, 0.05) is 17.1 Å². The van der Waals surface area contributed by atoms with E-state index < -0.39 is 0 Å². The zero-order valence-electron chi connectivity index (χ0n) is 8.29. The van der Waals surface area contributed by atoms with E-state index in [2.05, 4.69) is 21.2 Å². The summed E-state index contributed by atoms with van der Waals surface area (Å²) in [6.45, 7) is 0.158. The first-order valence-corrected chi connectivity index (χ1v) is 5.23. The first kappa shape index (κ1) is 12.0. The van der Waals surface area contributed by atoms with Crippen LogP contribution < -0.4 is 10.1 Å². The van der Waals surface area contributed by atoms with Crippen molar-refractivity contribution in [1.82, 2.24) is 5.32 Å². The van der Waals surface area contributed by atoms with Gasteiger partial charge in [-0.15, -0.1) is 0 Å². The van der Waals surface area contributed by atoms with Crippen molar-refractivity contribution < 1.29 is 14.6 Å². The Kier molecular flexibility index (Phi) is 4.58. The van der Waals surface area contributed by atoms with Gasteiger partial charge in [0.2, 0.25) is 0 Å². The minimum absolute atomic E-state index is 0.0537. The van der Waals surface area contributed by atoms with Crippen LogP contribution in [0.25, 0.3) is 0 Å². The fourth-order valence-corrected chi connectivity index (χ4v) is 1.56. The molecule has 4 nitrogen and oxygen atoms in total. The van der Waals surface area contributed by atoms with Crippen LogP contribution in [0.15, 0.2) is 22.7 Å². The highest BCUT2D eigenvalue weighted by Gasteiger charge is 2.06. The topological polar surface area (TPSA) is 58.6 Å². The Labute approximate surface area is 96.4 Å². The minimum atomic E-state index is -0.176. The van der Waals surface area contributed by atoms with E-state index in [1.807, 2.05) is 0 Å². The van der Waals surface area contributed by atoms with E-state index in [0.29, 0.717) is 11.3 Å². The van der Waals surface area contributed by atoms with Crippen molar-refractivity contribution in [3.8, 4) is 5.75 Å². The first-order chi connectivity index (χ1) is 7.17. The minimum Gasteiger partial charge on any atom is -0.491 e. The number of ether oxygens (including phenoxy) is 1. The molecule has 0 fully saturated rings. The van der Waals surface area contributed by atoms with Crippen molar-refractivity contribution in [3.05, 3.63) is 28.2 Å². The second-order valence-electron chi connectivity index (χ2n) is 2.83. The van der Waals surface area contributed by atoms with Crippen LogP contribution in [0.2, 0.25) is 0 Å². The molecule has 1 rings (SSSR count). The summed E-state index contributed by atoms with van der Waals surface area (Å²) in [6.07, 6.45) is 0. The zero-order chi connectivity index (χ0) is 11.3. The summed E-state index contributed by atoms with van der Waals surface area (Å²) in [6, 6.07) is 5.06. The molecule has 0 aliphatic heterocycles. The standard InChI is InChI=1S/C10H12BrNO3/c1-12-10(14)7-4-8(11)6-9(5-7)15-3-2-13/h4-6,13H,2-3H2,1H3,(H,12,14). The molecule has 15 heavy (non-hydrogen) atoms. The average Bonchev–Trinajstić information content (AvgIpc) is 2.24. The highest BCUT2D eigenvalue weighted by Crippen LogP contribution is 2.21. The number of benzene rings is 1. The Morgan fingerprint density at radius 2 is 2.27 bits per heavy atom. The van der Waals surface area contributed by atoms with Crippen LogP contribution in [0.3, 0.4) is 0 Å². The predicted octanol–water partition coefficient (Wildman–Crippen LogP) is 1.18. The summed E-state index contributed by atoms with van der Waals surface area (Å²) in [5, 5.41) is 11.1. The number of hydrogen-bond donors (Lipinski definition) is 2. The summed E-state index contributed by atoms with van der Waals surface area (Å²) < 4.78 is 5.97. The van der Waals surface area contributed by atoms with Crippen molar-refractivity contribution in [2.45, 2.75) is 0 Å². The maximum absolute atomic E-state index is 11.4. The van der Waals surface area contributed by atoms with Crippen LogP contribution in [0.1, 0.15) is 10.4 Å². The molecular weight excluding hydrogens is 262 g/mol. The fraction of sp³-hybridized carbons (Fsp3) is 0.300. The van der Waals surface area contributed by atoms with E-state index in [0.717, 1.165) is 4.47 Å². The fourth-order valence-electron chi connectivity index (χ4n) is 1.08. The van der Waals surface area contributed by atoms with Gasteiger partial charge in [0.25, 0.3) is 5.91 Å². The maximum atomic E-state index is 11.4. The van der Waals surface area contributed by atoms with E-state index in [-0.39, 0.29) is 19.1 Å². The molecule has 1 amide bonds. The van der Waals surface area contributed by atoms with Crippen LogP contribution in [0.4, 0.5) is 0 Å². The Hall–Kier alpha value is -1.07. The number of hydrogen-bond acceptors (Lipinski definition) is 3. The second-order valence-corrected chi connectivity index (χ2v) is 3.74. The van der Waals surface area contributed by atoms with Crippen molar-refractivity contribution in [2.24, 2.45) is 0 Å². The third-order valence-corrected chi connectivity index (χ3v) is 2.18. The van der Waals surface area contributed by atoms with Crippen LogP contribution in [-0.4, -0.2) is 31.3 Å². The molecule has 0 bridgehead atoms. The molecule has 82 valence electrons. The molecule has 0 unspecified atom stereocenters. The number of amides is 1. The summed E-state index contributed by atoms with van der Waals surface area (Å²) in [7, 11) is 1.57. The van der Waals surface area contributed by atoms with E-state index in [9.17, 15) is 4.79 Å². The van der Waals surface area contributed by atoms with Gasteiger partial charge in [-0.05, 0) is 18.2 Å². The third-order valence-electron chi connectivity index (χ3n) is 1.72. The molecule has 0 heterocycles. The monoisotopic (exact) mass is 273 g/mol. The number of aliphatic hydroxyl groups is 1. The molecular formula is C10H12BrNO3. The lowest BCUT2D eigenvalue weighted by Gasteiger charge is -2.07. The lowest BCUT2D eigenvalue weighted by atomic mass is 10.2. The molecule has 0 radical (unpaired) electrons. The smallest absolute Gasteiger partial charge is 0.251 e. The lowest BCUT2D eigenvalue weighted by Crippen LogP contribution is -2.17. The molecule has 0 aromatic heterocycles.